The van der Waals surface area contributed by atoms with E-state index in [1.165, 1.54) is 0 Å². The van der Waals surface area contributed by atoms with Crippen molar-refractivity contribution in [2.75, 3.05) is 0 Å². The second-order valence-corrected chi connectivity index (χ2v) is 5.41. The lowest BCUT2D eigenvalue weighted by Gasteiger charge is -2.15. The number of rotatable bonds is 3. The Morgan fingerprint density at radius 3 is 2.14 bits per heavy atom. The van der Waals surface area contributed by atoms with Crippen LogP contribution < -0.4 is 5.32 Å². The minimum atomic E-state index is -1.23. The molecule has 0 saturated heterocycles. The maximum atomic E-state index is 13.5. The largest absolute Gasteiger partial charge is 0.345 e. The van der Waals surface area contributed by atoms with Crippen molar-refractivity contribution in [2.45, 2.75) is 13.0 Å². The molecule has 0 heterocycles. The van der Waals surface area contributed by atoms with Crippen LogP contribution in [0.2, 0.25) is 0 Å². The topological polar surface area (TPSA) is 29.1 Å². The summed E-state index contributed by atoms with van der Waals surface area (Å²) in [5.74, 6) is -4.45. The van der Waals surface area contributed by atoms with Crippen LogP contribution in [0.1, 0.15) is 28.9 Å². The average molecular weight is 358 g/mol. The van der Waals surface area contributed by atoms with Gasteiger partial charge in [-0.15, -0.1) is 0 Å². The highest BCUT2D eigenvalue weighted by molar-refractivity contribution is 9.10. The van der Waals surface area contributed by atoms with Crippen LogP contribution in [0.25, 0.3) is 0 Å². The van der Waals surface area contributed by atoms with E-state index in [2.05, 4.69) is 21.2 Å². The fraction of sp³-hybridized carbons (Fsp3) is 0.133. The van der Waals surface area contributed by atoms with E-state index < -0.39 is 35.0 Å². The molecule has 0 aliphatic carbocycles. The van der Waals surface area contributed by atoms with Gasteiger partial charge in [-0.2, -0.15) is 0 Å². The second-order valence-electron chi connectivity index (χ2n) is 4.49. The van der Waals surface area contributed by atoms with Crippen LogP contribution in [-0.4, -0.2) is 5.91 Å². The maximum absolute atomic E-state index is 13.5. The summed E-state index contributed by atoms with van der Waals surface area (Å²) < 4.78 is 40.7. The molecular formula is C15H11BrF3NO. The maximum Gasteiger partial charge on any atom is 0.257 e. The zero-order valence-electron chi connectivity index (χ0n) is 11.0. The van der Waals surface area contributed by atoms with E-state index >= 15 is 0 Å². The lowest BCUT2D eigenvalue weighted by Crippen LogP contribution is -2.28. The molecule has 0 spiro atoms. The molecule has 2 aromatic rings. The van der Waals surface area contributed by atoms with Crippen molar-refractivity contribution >= 4 is 21.8 Å². The summed E-state index contributed by atoms with van der Waals surface area (Å²) in [6.45, 7) is 1.68. The molecule has 21 heavy (non-hydrogen) atoms. The highest BCUT2D eigenvalue weighted by Gasteiger charge is 2.20. The van der Waals surface area contributed by atoms with Crippen molar-refractivity contribution < 1.29 is 18.0 Å². The quantitative estimate of drug-likeness (QED) is 0.868. The number of amides is 1. The van der Waals surface area contributed by atoms with E-state index in [4.69, 9.17) is 0 Å². The molecule has 0 aliphatic rings. The molecule has 6 heteroatoms. The molecule has 1 amide bonds. The van der Waals surface area contributed by atoms with Gasteiger partial charge in [-0.1, -0.05) is 28.1 Å². The Balaban J connectivity index is 2.20. The van der Waals surface area contributed by atoms with Gasteiger partial charge in [-0.25, -0.2) is 13.2 Å². The molecule has 2 rings (SSSR count). The van der Waals surface area contributed by atoms with Gasteiger partial charge in [0.05, 0.1) is 6.04 Å². The Hall–Kier alpha value is -1.82. The van der Waals surface area contributed by atoms with E-state index in [0.717, 1.165) is 10.0 Å². The third kappa shape index (κ3) is 3.64. The molecule has 1 N–H and O–H groups in total. The van der Waals surface area contributed by atoms with Crippen LogP contribution in [0.5, 0.6) is 0 Å². The van der Waals surface area contributed by atoms with Gasteiger partial charge < -0.3 is 5.32 Å². The van der Waals surface area contributed by atoms with E-state index in [-0.39, 0.29) is 0 Å². The third-order valence-electron chi connectivity index (χ3n) is 2.95. The van der Waals surface area contributed by atoms with Crippen LogP contribution in [-0.2, 0) is 0 Å². The Bertz CT molecular complexity index is 650. The lowest BCUT2D eigenvalue weighted by molar-refractivity contribution is 0.0931. The molecule has 0 aliphatic heterocycles. The van der Waals surface area contributed by atoms with Crippen LogP contribution in [0.4, 0.5) is 13.2 Å². The molecule has 0 radical (unpaired) electrons. The van der Waals surface area contributed by atoms with Gasteiger partial charge in [-0.3, -0.25) is 4.79 Å². The van der Waals surface area contributed by atoms with Crippen LogP contribution in [0, 0.1) is 17.5 Å². The smallest absolute Gasteiger partial charge is 0.257 e. The first-order valence-electron chi connectivity index (χ1n) is 6.09. The van der Waals surface area contributed by atoms with Crippen molar-refractivity contribution in [2.24, 2.45) is 0 Å². The molecule has 110 valence electrons. The Morgan fingerprint density at radius 2 is 1.62 bits per heavy atom. The fourth-order valence-electron chi connectivity index (χ4n) is 1.86. The number of nitrogens with one attached hydrogen (secondary N) is 1. The van der Waals surface area contributed by atoms with Gasteiger partial charge in [0.25, 0.3) is 5.91 Å². The predicted molar refractivity (Wildman–Crippen MR) is 76.3 cm³/mol. The summed E-state index contributed by atoms with van der Waals surface area (Å²) in [5.41, 5.74) is -0.0187. The summed E-state index contributed by atoms with van der Waals surface area (Å²) in [7, 11) is 0. The Morgan fingerprint density at radius 1 is 1.10 bits per heavy atom. The zero-order valence-corrected chi connectivity index (χ0v) is 12.5. The van der Waals surface area contributed by atoms with Gasteiger partial charge in [-0.05, 0) is 24.6 Å². The number of halogens is 4. The van der Waals surface area contributed by atoms with Crippen molar-refractivity contribution in [1.82, 2.24) is 5.32 Å². The van der Waals surface area contributed by atoms with Crippen molar-refractivity contribution in [1.29, 1.82) is 0 Å². The number of hydrogen-bond donors (Lipinski definition) is 1. The monoisotopic (exact) mass is 357 g/mol. The molecule has 0 aromatic heterocycles. The summed E-state index contributed by atoms with van der Waals surface area (Å²) in [5, 5.41) is 2.48. The molecule has 0 bridgehead atoms. The molecular weight excluding hydrogens is 347 g/mol. The lowest BCUT2D eigenvalue weighted by atomic mass is 10.1. The average Bonchev–Trinajstić information content (AvgIpc) is 2.37. The Labute approximate surface area is 128 Å². The SMILES string of the molecule is CC(NC(=O)c1c(F)cc(F)cc1F)c1ccc(Br)cc1. The fourth-order valence-corrected chi connectivity index (χ4v) is 2.13. The number of carbonyl (C=O) groups is 1. The number of carbonyl (C=O) groups excluding carboxylic acids is 1. The highest BCUT2D eigenvalue weighted by atomic mass is 79.9. The molecule has 0 fully saturated rings. The van der Waals surface area contributed by atoms with E-state index in [1.54, 1.807) is 31.2 Å². The van der Waals surface area contributed by atoms with E-state index in [0.29, 0.717) is 12.1 Å². The van der Waals surface area contributed by atoms with Crippen LogP contribution in [0.15, 0.2) is 40.9 Å². The molecule has 2 aromatic carbocycles. The van der Waals surface area contributed by atoms with Gasteiger partial charge in [0.1, 0.15) is 23.0 Å². The van der Waals surface area contributed by atoms with E-state index in [9.17, 15) is 18.0 Å². The summed E-state index contributed by atoms with van der Waals surface area (Å²) in [4.78, 5) is 11.9. The van der Waals surface area contributed by atoms with Crippen LogP contribution in [0.3, 0.4) is 0 Å². The van der Waals surface area contributed by atoms with Gasteiger partial charge in [0.2, 0.25) is 0 Å². The van der Waals surface area contributed by atoms with E-state index in [1.807, 2.05) is 0 Å². The van der Waals surface area contributed by atoms with Crippen molar-refractivity contribution in [3.63, 3.8) is 0 Å². The van der Waals surface area contributed by atoms with Gasteiger partial charge in [0, 0.05) is 16.6 Å². The molecule has 0 saturated carbocycles. The standard InChI is InChI=1S/C15H11BrF3NO/c1-8(9-2-4-10(16)5-3-9)20-15(21)14-12(18)6-11(17)7-13(14)19/h2-8H,1H3,(H,20,21). The summed E-state index contributed by atoms with van der Waals surface area (Å²) in [6, 6.07) is 7.62. The highest BCUT2D eigenvalue weighted by Crippen LogP contribution is 2.19. The molecule has 1 unspecified atom stereocenters. The normalized spacial score (nSPS) is 12.0. The molecule has 2 nitrogen and oxygen atoms in total. The summed E-state index contributed by atoms with van der Waals surface area (Å²) in [6.07, 6.45) is 0. The number of hydrogen-bond acceptors (Lipinski definition) is 1. The first-order valence-corrected chi connectivity index (χ1v) is 6.88. The predicted octanol–water partition coefficient (Wildman–Crippen LogP) is 4.36. The summed E-state index contributed by atoms with van der Waals surface area (Å²) >= 11 is 3.29. The number of benzene rings is 2. The zero-order chi connectivity index (χ0) is 15.6. The molecule has 1 atom stereocenters. The van der Waals surface area contributed by atoms with Crippen LogP contribution >= 0.6 is 15.9 Å². The third-order valence-corrected chi connectivity index (χ3v) is 3.48. The first kappa shape index (κ1) is 15.6. The van der Waals surface area contributed by atoms with Crippen molar-refractivity contribution in [3.8, 4) is 0 Å². The minimum absolute atomic E-state index is 0.450. The minimum Gasteiger partial charge on any atom is -0.345 e. The first-order chi connectivity index (χ1) is 9.88. The second kappa shape index (κ2) is 6.30. The van der Waals surface area contributed by atoms with Gasteiger partial charge >= 0.3 is 0 Å². The van der Waals surface area contributed by atoms with Gasteiger partial charge in [0.15, 0.2) is 0 Å². The van der Waals surface area contributed by atoms with Crippen molar-refractivity contribution in [3.05, 3.63) is 69.4 Å². The Kier molecular flexibility index (Phi) is 4.67.